The highest BCUT2D eigenvalue weighted by molar-refractivity contribution is 6.05. The van der Waals surface area contributed by atoms with E-state index >= 15 is 0 Å². The number of nitrogens with one attached hydrogen (secondary N) is 3. The van der Waals surface area contributed by atoms with Gasteiger partial charge in [-0.05, 0) is 67.9 Å². The van der Waals surface area contributed by atoms with Crippen molar-refractivity contribution in [3.63, 3.8) is 0 Å². The van der Waals surface area contributed by atoms with Crippen molar-refractivity contribution >= 4 is 16.8 Å². The van der Waals surface area contributed by atoms with Gasteiger partial charge < -0.3 is 20.4 Å². The van der Waals surface area contributed by atoms with Crippen LogP contribution in [0.2, 0.25) is 0 Å². The van der Waals surface area contributed by atoms with Crippen molar-refractivity contribution in [2.45, 2.75) is 32.4 Å². The first-order chi connectivity index (χ1) is 17.5. The lowest BCUT2D eigenvalue weighted by Crippen LogP contribution is -2.44. The highest BCUT2D eigenvalue weighted by Gasteiger charge is 2.23. The summed E-state index contributed by atoms with van der Waals surface area (Å²) in [6.07, 6.45) is 9.87. The number of amides is 1. The Hall–Kier alpha value is -3.49. The Balaban J connectivity index is 1.34. The number of allylic oxidation sites excluding steroid dienone is 1. The summed E-state index contributed by atoms with van der Waals surface area (Å²) in [4.78, 5) is 22.3. The van der Waals surface area contributed by atoms with Crippen molar-refractivity contribution in [3.05, 3.63) is 71.3 Å². The van der Waals surface area contributed by atoms with Crippen molar-refractivity contribution in [2.75, 3.05) is 40.3 Å². The molecule has 36 heavy (non-hydrogen) atoms. The van der Waals surface area contributed by atoms with E-state index in [1.54, 1.807) is 0 Å². The third-order valence-corrected chi connectivity index (χ3v) is 6.92. The molecule has 0 radical (unpaired) electrons. The number of carbonyl (C=O) groups excluding carboxylic acids is 1. The molecule has 1 aliphatic carbocycles. The van der Waals surface area contributed by atoms with Gasteiger partial charge in [-0.1, -0.05) is 19.1 Å². The fraction of sp³-hybridized carbons (Fsp3) is 0.393. The normalized spacial score (nSPS) is 18.3. The topological polar surface area (TPSA) is 89.2 Å². The summed E-state index contributed by atoms with van der Waals surface area (Å²) in [6, 6.07) is 8.15. The molecule has 0 bridgehead atoms. The third kappa shape index (κ3) is 5.20. The van der Waals surface area contributed by atoms with Crippen LogP contribution in [0.25, 0.3) is 22.0 Å². The zero-order valence-electron chi connectivity index (χ0n) is 21.3. The van der Waals surface area contributed by atoms with Gasteiger partial charge in [0.05, 0.1) is 11.6 Å². The van der Waals surface area contributed by atoms with E-state index in [0.717, 1.165) is 73.2 Å². The lowest BCUT2D eigenvalue weighted by atomic mass is 9.94. The molecule has 1 aliphatic heterocycles. The monoisotopic (exact) mass is 485 g/mol. The van der Waals surface area contributed by atoms with Crippen LogP contribution in [0, 0.1) is 0 Å². The van der Waals surface area contributed by atoms with Crippen LogP contribution in [0.5, 0.6) is 0 Å². The SMILES string of the molecule is CCC1=C(N2CCNCC2)C=CC(NC(=O)c2n[nH]c3ccc(-c4cncc(CN(C)C)c4)cc23)C1. The number of hydrogen-bond acceptors (Lipinski definition) is 6. The van der Waals surface area contributed by atoms with Crippen LogP contribution < -0.4 is 10.6 Å². The van der Waals surface area contributed by atoms with E-state index < -0.39 is 0 Å². The molecule has 1 aromatic carbocycles. The third-order valence-electron chi connectivity index (χ3n) is 6.92. The number of carbonyl (C=O) groups is 1. The van der Waals surface area contributed by atoms with Gasteiger partial charge in [-0.25, -0.2) is 0 Å². The Labute approximate surface area is 212 Å². The highest BCUT2D eigenvalue weighted by Crippen LogP contribution is 2.28. The molecule has 1 fully saturated rings. The fourth-order valence-corrected chi connectivity index (χ4v) is 5.12. The minimum atomic E-state index is -0.159. The standard InChI is InChI=1S/C28H35N7O/c1-4-20-14-23(6-8-26(20)35-11-9-29-10-12-35)31-28(36)27-24-15-21(5-7-25(24)32-33-27)22-13-19(16-30-17-22)18-34(2)3/h5-8,13,15-17,23,29H,4,9-12,14,18H2,1-3H3,(H,31,36)(H,32,33). The second-order valence-electron chi connectivity index (χ2n) is 9.87. The zero-order chi connectivity index (χ0) is 25.1. The quantitative estimate of drug-likeness (QED) is 0.476. The molecule has 1 atom stereocenters. The summed E-state index contributed by atoms with van der Waals surface area (Å²) in [5.74, 6) is -0.159. The Morgan fingerprint density at radius 2 is 2.00 bits per heavy atom. The second kappa shape index (κ2) is 10.6. The number of benzene rings is 1. The molecule has 8 heteroatoms. The first-order valence-electron chi connectivity index (χ1n) is 12.8. The Kier molecular flexibility index (Phi) is 7.16. The van der Waals surface area contributed by atoms with E-state index in [4.69, 9.17) is 0 Å². The molecule has 2 aliphatic rings. The molecule has 1 unspecified atom stereocenters. The smallest absolute Gasteiger partial charge is 0.272 e. The number of aromatic nitrogens is 3. The van der Waals surface area contributed by atoms with Crippen molar-refractivity contribution < 1.29 is 4.79 Å². The largest absolute Gasteiger partial charge is 0.369 e. The van der Waals surface area contributed by atoms with Gasteiger partial charge in [-0.2, -0.15) is 5.10 Å². The van der Waals surface area contributed by atoms with Crippen molar-refractivity contribution in [2.24, 2.45) is 0 Å². The molecular weight excluding hydrogens is 450 g/mol. The number of nitrogens with zero attached hydrogens (tertiary/aromatic N) is 4. The van der Waals surface area contributed by atoms with Crippen LogP contribution in [0.4, 0.5) is 0 Å². The van der Waals surface area contributed by atoms with E-state index in [-0.39, 0.29) is 11.9 Å². The highest BCUT2D eigenvalue weighted by atomic mass is 16.2. The van der Waals surface area contributed by atoms with Crippen molar-refractivity contribution in [3.8, 4) is 11.1 Å². The number of fused-ring (bicyclic) bond motifs is 1. The predicted molar refractivity (Wildman–Crippen MR) is 143 cm³/mol. The maximum Gasteiger partial charge on any atom is 0.272 e. The molecule has 5 rings (SSSR count). The molecule has 3 heterocycles. The number of hydrogen-bond donors (Lipinski definition) is 3. The van der Waals surface area contributed by atoms with Gasteiger partial charge >= 0.3 is 0 Å². The second-order valence-corrected chi connectivity index (χ2v) is 9.87. The number of aromatic amines is 1. The molecule has 8 nitrogen and oxygen atoms in total. The van der Waals surface area contributed by atoms with Crippen LogP contribution >= 0.6 is 0 Å². The molecule has 3 N–H and O–H groups in total. The van der Waals surface area contributed by atoms with Crippen molar-refractivity contribution in [1.29, 1.82) is 0 Å². The minimum Gasteiger partial charge on any atom is -0.369 e. The van der Waals surface area contributed by atoms with Gasteiger partial charge in [0, 0.05) is 61.8 Å². The van der Waals surface area contributed by atoms with Gasteiger partial charge in [-0.15, -0.1) is 0 Å². The number of pyridine rings is 1. The Morgan fingerprint density at radius 1 is 1.17 bits per heavy atom. The Bertz CT molecular complexity index is 1300. The Morgan fingerprint density at radius 3 is 2.78 bits per heavy atom. The van der Waals surface area contributed by atoms with Crippen molar-refractivity contribution in [1.82, 2.24) is 35.6 Å². The summed E-state index contributed by atoms with van der Waals surface area (Å²) in [5, 5.41) is 14.8. The number of H-pyrrole nitrogens is 1. The molecule has 3 aromatic rings. The zero-order valence-corrected chi connectivity index (χ0v) is 21.3. The number of rotatable bonds is 7. The average Bonchev–Trinajstić information content (AvgIpc) is 3.32. The van der Waals surface area contributed by atoms with Gasteiger partial charge in [0.15, 0.2) is 5.69 Å². The summed E-state index contributed by atoms with van der Waals surface area (Å²) in [7, 11) is 4.09. The molecule has 0 saturated carbocycles. The lowest BCUT2D eigenvalue weighted by molar-refractivity contribution is 0.0940. The van der Waals surface area contributed by atoms with Gasteiger partial charge in [0.1, 0.15) is 0 Å². The lowest BCUT2D eigenvalue weighted by Gasteiger charge is -2.34. The average molecular weight is 486 g/mol. The van der Waals surface area contributed by atoms with E-state index in [2.05, 4.69) is 60.8 Å². The van der Waals surface area contributed by atoms with E-state index in [1.165, 1.54) is 11.3 Å². The maximum atomic E-state index is 13.3. The summed E-state index contributed by atoms with van der Waals surface area (Å²) in [5.41, 5.74) is 7.17. The molecule has 188 valence electrons. The molecule has 1 amide bonds. The van der Waals surface area contributed by atoms with Crippen LogP contribution in [-0.2, 0) is 6.54 Å². The summed E-state index contributed by atoms with van der Waals surface area (Å²) < 4.78 is 0. The fourth-order valence-electron chi connectivity index (χ4n) is 5.12. The molecule has 2 aromatic heterocycles. The first-order valence-corrected chi connectivity index (χ1v) is 12.8. The molecule has 1 saturated heterocycles. The summed E-state index contributed by atoms with van der Waals surface area (Å²) >= 11 is 0. The van der Waals surface area contributed by atoms with Crippen LogP contribution in [0.3, 0.4) is 0 Å². The summed E-state index contributed by atoms with van der Waals surface area (Å²) in [6.45, 7) is 7.09. The van der Waals surface area contributed by atoms with Gasteiger partial charge in [0.25, 0.3) is 5.91 Å². The van der Waals surface area contributed by atoms with E-state index in [9.17, 15) is 4.79 Å². The van der Waals surface area contributed by atoms with Gasteiger partial charge in [0.2, 0.25) is 0 Å². The van der Waals surface area contributed by atoms with Crippen LogP contribution in [0.15, 0.2) is 60.1 Å². The minimum absolute atomic E-state index is 0.0408. The molecular formula is C28H35N7O. The van der Waals surface area contributed by atoms with Crippen LogP contribution in [-0.4, -0.2) is 77.2 Å². The van der Waals surface area contributed by atoms with Gasteiger partial charge in [-0.3, -0.25) is 14.9 Å². The molecule has 0 spiro atoms. The van der Waals surface area contributed by atoms with E-state index in [0.29, 0.717) is 5.69 Å². The van der Waals surface area contributed by atoms with E-state index in [1.807, 2.05) is 44.7 Å². The first kappa shape index (κ1) is 24.2. The number of piperazine rings is 1. The maximum absolute atomic E-state index is 13.3. The van der Waals surface area contributed by atoms with Crippen LogP contribution in [0.1, 0.15) is 35.8 Å². The predicted octanol–water partition coefficient (Wildman–Crippen LogP) is 3.31.